The van der Waals surface area contributed by atoms with E-state index in [4.69, 9.17) is 19.4 Å². The number of aromatic nitrogens is 5. The zero-order valence-electron chi connectivity index (χ0n) is 40.2. The Morgan fingerprint density at radius 2 is 1.00 bits per heavy atom. The summed E-state index contributed by atoms with van der Waals surface area (Å²) in [6.07, 6.45) is 10.1. The minimum atomic E-state index is -0.172. The molecule has 4 heterocycles. The highest BCUT2D eigenvalue weighted by molar-refractivity contribution is 6.15. The summed E-state index contributed by atoms with van der Waals surface area (Å²) in [5.41, 5.74) is 18.9. The quantitative estimate of drug-likeness (QED) is 0.167. The fourth-order valence-electron chi connectivity index (χ4n) is 11.9. The lowest BCUT2D eigenvalue weighted by Gasteiger charge is -2.22. The number of rotatable bonds is 6. The molecule has 4 aromatic heterocycles. The van der Waals surface area contributed by atoms with Gasteiger partial charge in [-0.2, -0.15) is 0 Å². The molecular weight excluding hydrogens is 891 g/mol. The Bertz CT molecular complexity index is 4490. The molecule has 0 amide bonds. The number of furan rings is 1. The number of benzene rings is 9. The van der Waals surface area contributed by atoms with E-state index in [9.17, 15) is 0 Å². The molecule has 0 saturated heterocycles. The summed E-state index contributed by atoms with van der Waals surface area (Å²) in [6.45, 7) is 4.75. The first-order chi connectivity index (χ1) is 35.9. The number of para-hydroxylation sites is 2. The van der Waals surface area contributed by atoms with Crippen LogP contribution < -0.4 is 0 Å². The molecule has 6 heteroatoms. The van der Waals surface area contributed by atoms with Gasteiger partial charge in [0.15, 0.2) is 17.5 Å². The van der Waals surface area contributed by atoms with E-state index in [0.29, 0.717) is 17.5 Å². The molecule has 2 aliphatic rings. The van der Waals surface area contributed by atoms with Crippen LogP contribution in [0.5, 0.6) is 0 Å². The van der Waals surface area contributed by atoms with Gasteiger partial charge in [0.25, 0.3) is 0 Å². The number of fused-ring (bicyclic) bond motifs is 12. The van der Waals surface area contributed by atoms with E-state index in [1.165, 1.54) is 54.9 Å². The molecule has 15 rings (SSSR count). The summed E-state index contributed by atoms with van der Waals surface area (Å²) in [5, 5.41) is 7.07. The number of hydrogen-bond donors (Lipinski definition) is 0. The van der Waals surface area contributed by atoms with Crippen LogP contribution in [0.3, 0.4) is 0 Å². The summed E-state index contributed by atoms with van der Waals surface area (Å²) < 4.78 is 11.1. The van der Waals surface area contributed by atoms with Gasteiger partial charge in [-0.05, 0) is 119 Å². The van der Waals surface area contributed by atoms with Crippen LogP contribution in [-0.2, 0) is 5.41 Å². The summed E-state index contributed by atoms with van der Waals surface area (Å²) in [5.74, 6) is 1.90. The van der Waals surface area contributed by atoms with Crippen LogP contribution in [0.15, 0.2) is 234 Å². The molecule has 9 aromatic carbocycles. The van der Waals surface area contributed by atoms with E-state index < -0.39 is 0 Å². The highest BCUT2D eigenvalue weighted by atomic mass is 16.3. The summed E-state index contributed by atoms with van der Waals surface area (Å²) in [4.78, 5) is 15.3. The maximum atomic E-state index is 6.24. The number of allylic oxidation sites excluding steroid dienone is 6. The predicted octanol–water partition coefficient (Wildman–Crippen LogP) is 17.2. The number of hydrogen-bond acceptors (Lipinski definition) is 4. The van der Waals surface area contributed by atoms with Gasteiger partial charge < -0.3 is 13.6 Å². The van der Waals surface area contributed by atoms with E-state index in [-0.39, 0.29) is 5.41 Å². The Morgan fingerprint density at radius 3 is 1.74 bits per heavy atom. The monoisotopic (exact) mass is 935 g/mol. The molecule has 0 aliphatic heterocycles. The molecule has 344 valence electrons. The summed E-state index contributed by atoms with van der Waals surface area (Å²) >= 11 is 0. The second kappa shape index (κ2) is 15.8. The lowest BCUT2D eigenvalue weighted by Crippen LogP contribution is -2.15. The highest BCUT2D eigenvalue weighted by Gasteiger charge is 2.39. The number of nitrogens with zero attached hydrogens (tertiary/aromatic N) is 5. The molecule has 0 fully saturated rings. The van der Waals surface area contributed by atoms with Crippen LogP contribution in [0.4, 0.5) is 0 Å². The first-order valence-electron chi connectivity index (χ1n) is 25.1. The van der Waals surface area contributed by atoms with Crippen molar-refractivity contribution >= 4 is 71.1 Å². The van der Waals surface area contributed by atoms with Gasteiger partial charge in [-0.15, -0.1) is 0 Å². The Hall–Kier alpha value is -9.39. The van der Waals surface area contributed by atoms with Crippen molar-refractivity contribution < 1.29 is 4.42 Å². The Kier molecular flexibility index (Phi) is 8.96. The molecule has 0 spiro atoms. The largest absolute Gasteiger partial charge is 0.456 e. The molecule has 0 bridgehead atoms. The van der Waals surface area contributed by atoms with Crippen molar-refractivity contribution in [1.29, 1.82) is 0 Å². The predicted molar refractivity (Wildman–Crippen MR) is 300 cm³/mol. The van der Waals surface area contributed by atoms with Crippen LogP contribution in [0.25, 0.3) is 128 Å². The second-order valence-electron chi connectivity index (χ2n) is 19.9. The maximum Gasteiger partial charge on any atom is 0.164 e. The van der Waals surface area contributed by atoms with Gasteiger partial charge in [-0.3, -0.25) is 0 Å². The van der Waals surface area contributed by atoms with Gasteiger partial charge in [-0.25, -0.2) is 15.0 Å². The molecule has 2 aliphatic carbocycles. The minimum absolute atomic E-state index is 0.172. The van der Waals surface area contributed by atoms with E-state index in [0.717, 1.165) is 78.5 Å². The van der Waals surface area contributed by atoms with Crippen molar-refractivity contribution in [3.8, 4) is 56.7 Å². The zero-order valence-corrected chi connectivity index (χ0v) is 40.2. The fraction of sp³-hybridized carbons (Fsp3) is 0.0597. The third kappa shape index (κ3) is 6.40. The average Bonchev–Trinajstić information content (AvgIpc) is 4.08. The van der Waals surface area contributed by atoms with Crippen molar-refractivity contribution in [2.75, 3.05) is 0 Å². The summed E-state index contributed by atoms with van der Waals surface area (Å²) in [7, 11) is 0. The van der Waals surface area contributed by atoms with Crippen LogP contribution in [-0.4, -0.2) is 24.1 Å². The Balaban J connectivity index is 0.920. The summed E-state index contributed by atoms with van der Waals surface area (Å²) in [6, 6.07) is 71.5. The molecule has 13 aromatic rings. The maximum absolute atomic E-state index is 6.24. The van der Waals surface area contributed by atoms with Gasteiger partial charge in [-0.1, -0.05) is 159 Å². The van der Waals surface area contributed by atoms with Crippen molar-refractivity contribution in [3.05, 3.63) is 241 Å². The normalized spacial score (nSPS) is 14.1. The van der Waals surface area contributed by atoms with E-state index in [1.54, 1.807) is 0 Å². The van der Waals surface area contributed by atoms with Crippen LogP contribution in [0, 0.1) is 0 Å². The zero-order chi connectivity index (χ0) is 48.4. The topological polar surface area (TPSA) is 61.7 Å². The molecule has 73 heavy (non-hydrogen) atoms. The molecule has 0 unspecified atom stereocenters. The van der Waals surface area contributed by atoms with Crippen molar-refractivity contribution in [3.63, 3.8) is 0 Å². The molecule has 0 atom stereocenters. The first-order valence-corrected chi connectivity index (χ1v) is 25.1. The van der Waals surface area contributed by atoms with Crippen LogP contribution in [0.2, 0.25) is 0 Å². The van der Waals surface area contributed by atoms with Gasteiger partial charge >= 0.3 is 0 Å². The Morgan fingerprint density at radius 1 is 0.425 bits per heavy atom. The van der Waals surface area contributed by atoms with Crippen LogP contribution >= 0.6 is 0 Å². The van der Waals surface area contributed by atoms with Gasteiger partial charge in [0.05, 0.1) is 22.1 Å². The lowest BCUT2D eigenvalue weighted by atomic mass is 9.81. The van der Waals surface area contributed by atoms with Gasteiger partial charge in [0, 0.05) is 65.8 Å². The van der Waals surface area contributed by atoms with E-state index in [1.807, 2.05) is 48.5 Å². The molecule has 6 nitrogen and oxygen atoms in total. The van der Waals surface area contributed by atoms with Crippen molar-refractivity contribution in [2.45, 2.75) is 25.7 Å². The molecule has 0 N–H and O–H groups in total. The van der Waals surface area contributed by atoms with E-state index >= 15 is 0 Å². The van der Waals surface area contributed by atoms with Crippen LogP contribution in [0.1, 0.15) is 31.4 Å². The van der Waals surface area contributed by atoms with E-state index in [2.05, 4.69) is 199 Å². The third-order valence-corrected chi connectivity index (χ3v) is 15.4. The highest BCUT2D eigenvalue weighted by Crippen LogP contribution is 2.53. The Labute approximate surface area is 421 Å². The standard InChI is InChI=1S/C67H45N5O/c1-67(2)56-26-11-5-10-23-48(56)51-39-54-53-37-44(43-29-32-59-52(36-43)49-24-12-14-27-58(49)71(59)47-31-34-63-55(38-47)50-25-13-15-28-62(50)73-63)30-33-60(53)72(61(54)40-57(51)67)46-22-16-21-45(35-46)66-69-64(41-17-6-3-7-18-41)68-65(70-66)42-19-8-4-9-20-42/h3-10,12-40H,11H2,1-2H3. The van der Waals surface area contributed by atoms with Gasteiger partial charge in [0.2, 0.25) is 0 Å². The molecule has 0 saturated carbocycles. The van der Waals surface area contributed by atoms with Crippen molar-refractivity contribution in [2.24, 2.45) is 0 Å². The lowest BCUT2D eigenvalue weighted by molar-refractivity contribution is 0.659. The smallest absolute Gasteiger partial charge is 0.164 e. The fourth-order valence-corrected chi connectivity index (χ4v) is 11.9. The molecule has 0 radical (unpaired) electrons. The third-order valence-electron chi connectivity index (χ3n) is 15.4. The molecular formula is C67H45N5O. The first kappa shape index (κ1) is 41.4. The van der Waals surface area contributed by atoms with Crippen molar-refractivity contribution in [1.82, 2.24) is 24.1 Å². The SMILES string of the molecule is CC1(C)C2=CCC=CC=C2c2cc3c4cc(-c5ccc6c(c5)c5ccccc5n6-c5ccc6oc7ccccc7c6c5)ccc4n(-c4cccc(-c5nc(-c6ccccc6)nc(-c6ccccc6)n5)c4)c3cc21. The van der Waals surface area contributed by atoms with Gasteiger partial charge in [0.1, 0.15) is 11.2 Å². The minimum Gasteiger partial charge on any atom is -0.456 e. The average molecular weight is 936 g/mol. The second-order valence-corrected chi connectivity index (χ2v) is 19.9.